The van der Waals surface area contributed by atoms with E-state index in [0.717, 1.165) is 22.7 Å². The molecule has 12 rings (SSSR count). The maximum absolute atomic E-state index is 2.42. The van der Waals surface area contributed by atoms with Crippen LogP contribution in [0.5, 0.6) is 0 Å². The number of hydrogen-bond donors (Lipinski definition) is 0. The standard InChI is InChI=1S/C58H38N2/c1-3-10-46-36-49(22-18-39(46)8-1)42-26-32-52(33-27-42)59(53-34-28-43(29-35-53)50-23-19-40-9-2-4-11-47(40)37-50)51-30-24-41(25-31-51)48-14-5-15-54(38-48)60-55-16-6-12-44-20-21-45-13-7-17-56(60)58(45)57(44)55/h1-38H. The van der Waals surface area contributed by atoms with Gasteiger partial charge in [-0.1, -0.05) is 158 Å². The molecule has 0 aliphatic heterocycles. The number of aromatic nitrogens is 1. The highest BCUT2D eigenvalue weighted by Gasteiger charge is 2.18. The van der Waals surface area contributed by atoms with Gasteiger partial charge in [0.15, 0.2) is 0 Å². The van der Waals surface area contributed by atoms with Gasteiger partial charge < -0.3 is 9.47 Å². The molecule has 0 radical (unpaired) electrons. The van der Waals surface area contributed by atoms with Gasteiger partial charge in [0, 0.05) is 33.5 Å². The lowest BCUT2D eigenvalue weighted by Gasteiger charge is -2.26. The van der Waals surface area contributed by atoms with Gasteiger partial charge in [0.25, 0.3) is 0 Å². The Morgan fingerprint density at radius 2 is 0.617 bits per heavy atom. The van der Waals surface area contributed by atoms with E-state index in [1.54, 1.807) is 0 Å². The second-order valence-electron chi connectivity index (χ2n) is 15.8. The van der Waals surface area contributed by atoms with E-state index in [1.807, 2.05) is 0 Å². The minimum atomic E-state index is 1.10. The summed E-state index contributed by atoms with van der Waals surface area (Å²) in [6, 6.07) is 84.2. The van der Waals surface area contributed by atoms with Crippen LogP contribution < -0.4 is 4.90 Å². The number of hydrogen-bond acceptors (Lipinski definition) is 1. The lowest BCUT2D eigenvalue weighted by atomic mass is 10.00. The summed E-state index contributed by atoms with van der Waals surface area (Å²) >= 11 is 0. The van der Waals surface area contributed by atoms with Crippen LogP contribution in [-0.2, 0) is 0 Å². The van der Waals surface area contributed by atoms with Gasteiger partial charge in [-0.25, -0.2) is 0 Å². The Kier molecular flexibility index (Phi) is 7.89. The summed E-state index contributed by atoms with van der Waals surface area (Å²) < 4.78 is 2.42. The fourth-order valence-electron chi connectivity index (χ4n) is 9.32. The summed E-state index contributed by atoms with van der Waals surface area (Å²) in [5.74, 6) is 0. The van der Waals surface area contributed by atoms with Crippen molar-refractivity contribution >= 4 is 71.2 Å². The Balaban J connectivity index is 0.919. The summed E-state index contributed by atoms with van der Waals surface area (Å²) in [6.07, 6.45) is 0. The lowest BCUT2D eigenvalue weighted by molar-refractivity contribution is 1.18. The van der Waals surface area contributed by atoms with Crippen molar-refractivity contribution in [2.45, 2.75) is 0 Å². The Hall–Kier alpha value is -7.94. The van der Waals surface area contributed by atoms with Crippen molar-refractivity contribution in [2.75, 3.05) is 4.90 Å². The molecule has 2 heteroatoms. The van der Waals surface area contributed by atoms with E-state index in [4.69, 9.17) is 0 Å². The molecule has 60 heavy (non-hydrogen) atoms. The molecule has 0 fully saturated rings. The average Bonchev–Trinajstić information content (AvgIpc) is 3.67. The molecule has 0 amide bonds. The molecule has 0 atom stereocenters. The summed E-state index contributed by atoms with van der Waals surface area (Å²) in [4.78, 5) is 2.36. The van der Waals surface area contributed by atoms with Crippen LogP contribution in [-0.4, -0.2) is 4.57 Å². The number of rotatable bonds is 7. The van der Waals surface area contributed by atoms with Gasteiger partial charge >= 0.3 is 0 Å². The molecule has 280 valence electrons. The molecule has 1 aromatic heterocycles. The second kappa shape index (κ2) is 13.9. The number of benzene rings is 11. The van der Waals surface area contributed by atoms with Crippen molar-refractivity contribution in [3.8, 4) is 39.1 Å². The van der Waals surface area contributed by atoms with Crippen LogP contribution in [0.15, 0.2) is 231 Å². The van der Waals surface area contributed by atoms with E-state index in [1.165, 1.54) is 87.5 Å². The van der Waals surface area contributed by atoms with Crippen LogP contribution in [0.2, 0.25) is 0 Å². The smallest absolute Gasteiger partial charge is 0.0547 e. The second-order valence-corrected chi connectivity index (χ2v) is 15.8. The van der Waals surface area contributed by atoms with E-state index in [9.17, 15) is 0 Å². The summed E-state index contributed by atoms with van der Waals surface area (Å²) in [5.41, 5.74) is 14.1. The SMILES string of the molecule is c1cc(-c2ccc(N(c3ccc(-c4ccc5ccccc5c4)cc3)c3ccc(-c4ccc5ccccc5c4)cc3)cc2)cc(-n2c3cccc4ccc5cccc2c5c43)c1. The fourth-order valence-corrected chi connectivity index (χ4v) is 9.32. The van der Waals surface area contributed by atoms with Crippen molar-refractivity contribution in [2.24, 2.45) is 0 Å². The molecule has 11 aromatic carbocycles. The van der Waals surface area contributed by atoms with Crippen LogP contribution in [0, 0.1) is 0 Å². The van der Waals surface area contributed by atoms with Crippen molar-refractivity contribution < 1.29 is 0 Å². The van der Waals surface area contributed by atoms with Crippen molar-refractivity contribution in [1.29, 1.82) is 0 Å². The highest BCUT2D eigenvalue weighted by molar-refractivity contribution is 6.24. The highest BCUT2D eigenvalue weighted by Crippen LogP contribution is 2.41. The predicted octanol–water partition coefficient (Wildman–Crippen LogP) is 16.2. The van der Waals surface area contributed by atoms with E-state index in [0.29, 0.717) is 0 Å². The molecule has 2 nitrogen and oxygen atoms in total. The summed E-state index contributed by atoms with van der Waals surface area (Å²) in [6.45, 7) is 0. The third-order valence-electron chi connectivity index (χ3n) is 12.3. The molecule has 0 aliphatic carbocycles. The van der Waals surface area contributed by atoms with Gasteiger partial charge in [0.05, 0.1) is 11.0 Å². The molecular formula is C58H38N2. The van der Waals surface area contributed by atoms with Crippen molar-refractivity contribution in [3.63, 3.8) is 0 Å². The van der Waals surface area contributed by atoms with Gasteiger partial charge in [-0.05, 0) is 138 Å². The van der Waals surface area contributed by atoms with Crippen LogP contribution >= 0.6 is 0 Å². The number of anilines is 3. The predicted molar refractivity (Wildman–Crippen MR) is 255 cm³/mol. The largest absolute Gasteiger partial charge is 0.311 e. The highest BCUT2D eigenvalue weighted by atomic mass is 15.1. The summed E-state index contributed by atoms with van der Waals surface area (Å²) in [7, 11) is 0. The van der Waals surface area contributed by atoms with Crippen LogP contribution in [0.4, 0.5) is 17.1 Å². The van der Waals surface area contributed by atoms with E-state index < -0.39 is 0 Å². The molecule has 1 heterocycles. The maximum atomic E-state index is 2.42. The van der Waals surface area contributed by atoms with Gasteiger partial charge in [0.2, 0.25) is 0 Å². The molecule has 0 unspecified atom stereocenters. The summed E-state index contributed by atoms with van der Waals surface area (Å²) in [5, 5.41) is 10.2. The van der Waals surface area contributed by atoms with Gasteiger partial charge in [-0.2, -0.15) is 0 Å². The quantitative estimate of drug-likeness (QED) is 0.147. The Bertz CT molecular complexity index is 3330. The minimum Gasteiger partial charge on any atom is -0.311 e. The van der Waals surface area contributed by atoms with Gasteiger partial charge in [-0.3, -0.25) is 0 Å². The zero-order valence-electron chi connectivity index (χ0n) is 32.8. The zero-order chi connectivity index (χ0) is 39.6. The minimum absolute atomic E-state index is 1.10. The third kappa shape index (κ3) is 5.73. The van der Waals surface area contributed by atoms with Gasteiger partial charge in [-0.15, -0.1) is 0 Å². The molecule has 0 saturated carbocycles. The van der Waals surface area contributed by atoms with Crippen molar-refractivity contribution in [3.05, 3.63) is 231 Å². The van der Waals surface area contributed by atoms with Crippen molar-refractivity contribution in [1.82, 2.24) is 4.57 Å². The molecular weight excluding hydrogens is 725 g/mol. The third-order valence-corrected chi connectivity index (χ3v) is 12.3. The fraction of sp³-hybridized carbons (Fsp3) is 0. The lowest BCUT2D eigenvalue weighted by Crippen LogP contribution is -2.09. The van der Waals surface area contributed by atoms with E-state index in [2.05, 4.69) is 240 Å². The molecule has 0 aliphatic rings. The number of fused-ring (bicyclic) bond motifs is 2. The normalized spacial score (nSPS) is 11.7. The Morgan fingerprint density at radius 1 is 0.250 bits per heavy atom. The molecule has 0 spiro atoms. The molecule has 12 aromatic rings. The first-order chi connectivity index (χ1) is 29.7. The van der Waals surface area contributed by atoms with E-state index in [-0.39, 0.29) is 0 Å². The van der Waals surface area contributed by atoms with E-state index >= 15 is 0 Å². The Morgan fingerprint density at radius 3 is 1.08 bits per heavy atom. The maximum Gasteiger partial charge on any atom is 0.0547 e. The first-order valence-electron chi connectivity index (χ1n) is 20.7. The van der Waals surface area contributed by atoms with Gasteiger partial charge in [0.1, 0.15) is 0 Å². The number of nitrogens with zero attached hydrogens (tertiary/aromatic N) is 2. The molecule has 0 N–H and O–H groups in total. The van der Waals surface area contributed by atoms with Crippen LogP contribution in [0.1, 0.15) is 0 Å². The first kappa shape index (κ1) is 34.1. The van der Waals surface area contributed by atoms with Crippen LogP contribution in [0.3, 0.4) is 0 Å². The van der Waals surface area contributed by atoms with Crippen LogP contribution in [0.25, 0.3) is 93.2 Å². The molecule has 0 saturated heterocycles. The first-order valence-corrected chi connectivity index (χ1v) is 20.7. The monoisotopic (exact) mass is 762 g/mol. The topological polar surface area (TPSA) is 8.17 Å². The molecule has 0 bridgehead atoms. The Labute approximate surface area is 348 Å². The zero-order valence-corrected chi connectivity index (χ0v) is 32.8. The average molecular weight is 763 g/mol.